The van der Waals surface area contributed by atoms with Crippen molar-refractivity contribution in [3.63, 3.8) is 0 Å². The van der Waals surface area contributed by atoms with Gasteiger partial charge in [0.25, 0.3) is 5.91 Å². The van der Waals surface area contributed by atoms with Gasteiger partial charge in [0.05, 0.1) is 25.1 Å². The molecule has 0 bridgehead atoms. The van der Waals surface area contributed by atoms with Gasteiger partial charge in [0, 0.05) is 39.3 Å². The summed E-state index contributed by atoms with van der Waals surface area (Å²) >= 11 is 0. The Bertz CT molecular complexity index is 728. The number of methoxy groups -OCH3 is 2. The Morgan fingerprint density at radius 3 is 2.75 bits per heavy atom. The fourth-order valence-corrected chi connectivity index (χ4v) is 4.27. The number of anilines is 1. The van der Waals surface area contributed by atoms with E-state index in [1.54, 1.807) is 12.0 Å². The molecule has 9 heteroatoms. The second-order valence-electron chi connectivity index (χ2n) is 7.39. The van der Waals surface area contributed by atoms with Gasteiger partial charge in [-0.15, -0.1) is 0 Å². The van der Waals surface area contributed by atoms with Gasteiger partial charge >= 0.3 is 6.03 Å². The largest absolute Gasteiger partial charge is 0.480 e. The summed E-state index contributed by atoms with van der Waals surface area (Å²) in [5, 5.41) is 2.81. The lowest BCUT2D eigenvalue weighted by Gasteiger charge is -2.35. The van der Waals surface area contributed by atoms with E-state index in [0.717, 1.165) is 38.8 Å². The van der Waals surface area contributed by atoms with Crippen LogP contribution in [0.25, 0.3) is 0 Å². The number of carbonyl (C=O) groups excluding carboxylic acids is 2. The summed E-state index contributed by atoms with van der Waals surface area (Å²) in [5.74, 6) is -0.525. The average Bonchev–Trinajstić information content (AvgIpc) is 3.36. The number of likely N-dealkylation sites (tertiary alicyclic amines) is 1. The number of hydrogen-bond acceptors (Lipinski definition) is 6. The molecule has 0 spiro atoms. The maximum atomic E-state index is 12.8. The van der Waals surface area contributed by atoms with Crippen LogP contribution in [0.3, 0.4) is 0 Å². The Morgan fingerprint density at radius 2 is 2.11 bits per heavy atom. The molecule has 0 aromatic carbocycles. The van der Waals surface area contributed by atoms with Crippen LogP contribution >= 0.6 is 0 Å². The van der Waals surface area contributed by atoms with Crippen LogP contribution in [-0.4, -0.2) is 79.3 Å². The van der Waals surface area contributed by atoms with Crippen LogP contribution in [0.5, 0.6) is 5.88 Å². The number of hydrogen-bond donors (Lipinski definition) is 2. The van der Waals surface area contributed by atoms with Crippen molar-refractivity contribution >= 4 is 17.6 Å². The van der Waals surface area contributed by atoms with Crippen LogP contribution in [0.15, 0.2) is 12.3 Å². The molecule has 1 aromatic heterocycles. The molecule has 0 radical (unpaired) electrons. The molecular formula is C19H29N5O4. The highest BCUT2D eigenvalue weighted by atomic mass is 16.5. The summed E-state index contributed by atoms with van der Waals surface area (Å²) < 4.78 is 10.5. The third kappa shape index (κ3) is 4.20. The Kier molecular flexibility index (Phi) is 6.35. The zero-order valence-electron chi connectivity index (χ0n) is 16.7. The van der Waals surface area contributed by atoms with E-state index < -0.39 is 5.91 Å². The van der Waals surface area contributed by atoms with Gasteiger partial charge in [0.15, 0.2) is 0 Å². The van der Waals surface area contributed by atoms with Gasteiger partial charge in [-0.25, -0.2) is 9.78 Å². The molecule has 3 N–H and O–H groups in total. The van der Waals surface area contributed by atoms with Crippen LogP contribution in [0.1, 0.15) is 36.0 Å². The molecule has 154 valence electrons. The topological polar surface area (TPSA) is 110 Å². The lowest BCUT2D eigenvalue weighted by Crippen LogP contribution is -2.50. The van der Waals surface area contributed by atoms with Crippen LogP contribution in [0, 0.1) is 0 Å². The molecule has 9 nitrogen and oxygen atoms in total. The van der Waals surface area contributed by atoms with Gasteiger partial charge in [-0.3, -0.25) is 9.69 Å². The molecule has 2 fully saturated rings. The number of nitrogens with zero attached hydrogens (tertiary/aromatic N) is 3. The highest BCUT2D eigenvalue weighted by Crippen LogP contribution is 2.31. The predicted octanol–water partition coefficient (Wildman–Crippen LogP) is 1.29. The first kappa shape index (κ1) is 20.3. The fraction of sp³-hybridized carbons (Fsp3) is 0.632. The first-order valence-corrected chi connectivity index (χ1v) is 9.59. The van der Waals surface area contributed by atoms with Crippen LogP contribution in [-0.2, 0) is 4.74 Å². The molecular weight excluding hydrogens is 362 g/mol. The van der Waals surface area contributed by atoms with E-state index in [0.29, 0.717) is 11.7 Å². The van der Waals surface area contributed by atoms with Crippen molar-refractivity contribution in [3.8, 4) is 5.88 Å². The van der Waals surface area contributed by atoms with E-state index in [9.17, 15) is 9.59 Å². The number of pyridine rings is 1. The molecule has 3 atom stereocenters. The second kappa shape index (κ2) is 8.74. The molecule has 1 saturated carbocycles. The maximum Gasteiger partial charge on any atom is 0.321 e. The number of rotatable bonds is 6. The summed E-state index contributed by atoms with van der Waals surface area (Å²) in [5.41, 5.74) is 5.90. The Balaban J connectivity index is 1.67. The van der Waals surface area contributed by atoms with Gasteiger partial charge in [-0.1, -0.05) is 0 Å². The highest BCUT2D eigenvalue weighted by Gasteiger charge is 2.39. The fourth-order valence-electron chi connectivity index (χ4n) is 4.27. The smallest absolute Gasteiger partial charge is 0.321 e. The molecule has 3 rings (SSSR count). The quantitative estimate of drug-likeness (QED) is 0.756. The average molecular weight is 391 g/mol. The standard InChI is InChI=1S/C19H29N5O4/c1-23(15-5-4-6-16(15)24-8-7-13(11-24)27-2)19(26)22-12-9-14(17(20)25)18(28-3)21-10-12/h9-10,13,15-16H,4-8,11H2,1-3H3,(H2,20,25)(H,22,26)/t13?,15-,16+/m0/s1. The van der Waals surface area contributed by atoms with Gasteiger partial charge in [0.2, 0.25) is 5.88 Å². The number of carbonyl (C=O) groups is 2. The van der Waals surface area contributed by atoms with Gasteiger partial charge < -0.3 is 25.4 Å². The first-order valence-electron chi connectivity index (χ1n) is 9.59. The SMILES string of the molecule is COc1ncc(NC(=O)N(C)[C@H]2CCC[C@H]2N2CCC(OC)C2)cc1C(N)=O. The van der Waals surface area contributed by atoms with Gasteiger partial charge in [0.1, 0.15) is 5.56 Å². The number of urea groups is 1. The summed E-state index contributed by atoms with van der Waals surface area (Å²) in [6.07, 6.45) is 5.90. The first-order chi connectivity index (χ1) is 13.4. The van der Waals surface area contributed by atoms with Crippen molar-refractivity contribution in [1.82, 2.24) is 14.8 Å². The summed E-state index contributed by atoms with van der Waals surface area (Å²) in [7, 11) is 4.98. The minimum atomic E-state index is -0.661. The number of primary amides is 1. The lowest BCUT2D eigenvalue weighted by atomic mass is 10.1. The third-order valence-electron chi connectivity index (χ3n) is 5.80. The van der Waals surface area contributed by atoms with Crippen LogP contribution in [0.4, 0.5) is 10.5 Å². The minimum absolute atomic E-state index is 0.129. The van der Waals surface area contributed by atoms with Crippen molar-refractivity contribution in [3.05, 3.63) is 17.8 Å². The van der Waals surface area contributed by atoms with E-state index in [1.807, 2.05) is 7.05 Å². The minimum Gasteiger partial charge on any atom is -0.480 e. The number of amides is 3. The van der Waals surface area contributed by atoms with Gasteiger partial charge in [-0.05, 0) is 31.7 Å². The number of ether oxygens (including phenoxy) is 2. The van der Waals surface area contributed by atoms with Crippen LogP contribution in [0.2, 0.25) is 0 Å². The van der Waals surface area contributed by atoms with E-state index in [4.69, 9.17) is 15.2 Å². The number of nitrogens with one attached hydrogen (secondary N) is 1. The summed E-state index contributed by atoms with van der Waals surface area (Å²) in [6.45, 7) is 1.91. The normalized spacial score (nSPS) is 24.9. The summed E-state index contributed by atoms with van der Waals surface area (Å²) in [6, 6.07) is 1.72. The zero-order chi connectivity index (χ0) is 20.3. The maximum absolute atomic E-state index is 12.8. The van der Waals surface area contributed by atoms with Crippen molar-refractivity contribution in [2.45, 2.75) is 43.9 Å². The molecule has 1 aliphatic carbocycles. The second-order valence-corrected chi connectivity index (χ2v) is 7.39. The molecule has 28 heavy (non-hydrogen) atoms. The van der Waals surface area contributed by atoms with E-state index in [-0.39, 0.29) is 29.6 Å². The van der Waals surface area contributed by atoms with Crippen molar-refractivity contribution in [2.24, 2.45) is 5.73 Å². The molecule has 3 amide bonds. The third-order valence-corrected chi connectivity index (χ3v) is 5.80. The Morgan fingerprint density at radius 1 is 1.32 bits per heavy atom. The predicted molar refractivity (Wildman–Crippen MR) is 105 cm³/mol. The van der Waals surface area contributed by atoms with Crippen LogP contribution < -0.4 is 15.8 Å². The van der Waals surface area contributed by atoms with E-state index >= 15 is 0 Å². The molecule has 1 aliphatic heterocycles. The van der Waals surface area contributed by atoms with E-state index in [1.165, 1.54) is 19.4 Å². The molecule has 1 saturated heterocycles. The summed E-state index contributed by atoms with van der Waals surface area (Å²) in [4.78, 5) is 32.6. The number of likely N-dealkylation sites (N-methyl/N-ethyl adjacent to an activating group) is 1. The zero-order valence-corrected chi connectivity index (χ0v) is 16.7. The lowest BCUT2D eigenvalue weighted by molar-refractivity contribution is 0.0907. The van der Waals surface area contributed by atoms with E-state index in [2.05, 4.69) is 15.2 Å². The molecule has 1 unspecified atom stereocenters. The highest BCUT2D eigenvalue weighted by molar-refractivity contribution is 5.97. The van der Waals surface area contributed by atoms with Crippen molar-refractivity contribution < 1.29 is 19.1 Å². The van der Waals surface area contributed by atoms with Gasteiger partial charge in [-0.2, -0.15) is 0 Å². The molecule has 2 heterocycles. The monoisotopic (exact) mass is 391 g/mol. The molecule has 2 aliphatic rings. The Labute approximate surface area is 165 Å². The van der Waals surface area contributed by atoms with Crippen molar-refractivity contribution in [2.75, 3.05) is 39.7 Å². The van der Waals surface area contributed by atoms with Crippen molar-refractivity contribution in [1.29, 1.82) is 0 Å². The Hall–Kier alpha value is -2.39. The number of aromatic nitrogens is 1. The molecule has 1 aromatic rings. The number of nitrogens with two attached hydrogens (primary N) is 1.